The number of nitrogens with one attached hydrogen (secondary N) is 1. The minimum atomic E-state index is -0.138. The van der Waals surface area contributed by atoms with Gasteiger partial charge in [0.15, 0.2) is 0 Å². The molecule has 2 rings (SSSR count). The summed E-state index contributed by atoms with van der Waals surface area (Å²) in [5.41, 5.74) is 0.900. The van der Waals surface area contributed by atoms with Gasteiger partial charge in [0, 0.05) is 23.2 Å². The monoisotopic (exact) mass is 368 g/mol. The molecule has 0 unspecified atom stereocenters. The number of carbonyl (C=O) groups excluding carboxylic acids is 2. The SMILES string of the molecule is CCOC(=O)C1CCN(C(=O)CNc2ccccc2Br)CC1. The number of nitrogens with zero attached hydrogens (tertiary/aromatic N) is 1. The summed E-state index contributed by atoms with van der Waals surface area (Å²) in [6.45, 7) is 3.70. The number of esters is 1. The van der Waals surface area contributed by atoms with E-state index in [0.29, 0.717) is 32.5 Å². The highest BCUT2D eigenvalue weighted by atomic mass is 79.9. The van der Waals surface area contributed by atoms with E-state index in [-0.39, 0.29) is 24.3 Å². The second kappa shape index (κ2) is 8.17. The molecule has 5 nitrogen and oxygen atoms in total. The van der Waals surface area contributed by atoms with Crippen LogP contribution in [0.3, 0.4) is 0 Å². The number of piperidine rings is 1. The number of likely N-dealkylation sites (tertiary alicyclic amines) is 1. The van der Waals surface area contributed by atoms with Crippen molar-refractivity contribution in [1.29, 1.82) is 0 Å². The molecule has 22 heavy (non-hydrogen) atoms. The molecule has 0 radical (unpaired) electrons. The van der Waals surface area contributed by atoms with Crippen LogP contribution < -0.4 is 5.32 Å². The zero-order valence-corrected chi connectivity index (χ0v) is 14.3. The molecule has 1 N–H and O–H groups in total. The van der Waals surface area contributed by atoms with Crippen LogP contribution in [0.1, 0.15) is 19.8 Å². The lowest BCUT2D eigenvalue weighted by Crippen LogP contribution is -2.43. The van der Waals surface area contributed by atoms with Crippen LogP contribution in [0.15, 0.2) is 28.7 Å². The van der Waals surface area contributed by atoms with Crippen LogP contribution in [-0.2, 0) is 14.3 Å². The van der Waals surface area contributed by atoms with Crippen molar-refractivity contribution in [2.24, 2.45) is 5.92 Å². The molecule has 120 valence electrons. The first-order chi connectivity index (χ1) is 10.6. The van der Waals surface area contributed by atoms with Gasteiger partial charge in [0.05, 0.1) is 19.1 Å². The fraction of sp³-hybridized carbons (Fsp3) is 0.500. The molecule has 1 saturated heterocycles. The van der Waals surface area contributed by atoms with Crippen LogP contribution in [0.4, 0.5) is 5.69 Å². The van der Waals surface area contributed by atoms with Crippen LogP contribution in [0.2, 0.25) is 0 Å². The number of halogens is 1. The zero-order valence-electron chi connectivity index (χ0n) is 12.7. The van der Waals surface area contributed by atoms with Gasteiger partial charge in [-0.25, -0.2) is 0 Å². The molecule has 1 aromatic rings. The third-order valence-electron chi connectivity index (χ3n) is 3.77. The average Bonchev–Trinajstić information content (AvgIpc) is 2.54. The summed E-state index contributed by atoms with van der Waals surface area (Å²) in [7, 11) is 0. The summed E-state index contributed by atoms with van der Waals surface area (Å²) in [5, 5.41) is 3.13. The Balaban J connectivity index is 1.78. The molecule has 0 bridgehead atoms. The molecule has 0 spiro atoms. The van der Waals surface area contributed by atoms with Gasteiger partial charge >= 0.3 is 5.97 Å². The summed E-state index contributed by atoms with van der Waals surface area (Å²) in [6, 6.07) is 7.70. The van der Waals surface area contributed by atoms with Crippen molar-refractivity contribution < 1.29 is 14.3 Å². The van der Waals surface area contributed by atoms with Gasteiger partial charge in [-0.05, 0) is 47.8 Å². The van der Waals surface area contributed by atoms with E-state index in [9.17, 15) is 9.59 Å². The van der Waals surface area contributed by atoms with Gasteiger partial charge in [-0.1, -0.05) is 12.1 Å². The van der Waals surface area contributed by atoms with Gasteiger partial charge in [-0.15, -0.1) is 0 Å². The fourth-order valence-corrected chi connectivity index (χ4v) is 2.94. The topological polar surface area (TPSA) is 58.6 Å². The van der Waals surface area contributed by atoms with E-state index in [1.54, 1.807) is 4.90 Å². The highest BCUT2D eigenvalue weighted by molar-refractivity contribution is 9.10. The molecule has 1 aliphatic rings. The molecule has 1 aliphatic heterocycles. The van der Waals surface area contributed by atoms with Crippen LogP contribution in [0.25, 0.3) is 0 Å². The molecule has 0 aliphatic carbocycles. The molecular formula is C16H21BrN2O3. The smallest absolute Gasteiger partial charge is 0.309 e. The third kappa shape index (κ3) is 4.47. The summed E-state index contributed by atoms with van der Waals surface area (Å²) < 4.78 is 5.97. The number of amides is 1. The number of anilines is 1. The summed E-state index contributed by atoms with van der Waals surface area (Å²) in [6.07, 6.45) is 1.36. The van der Waals surface area contributed by atoms with Crippen molar-refractivity contribution in [2.75, 3.05) is 31.6 Å². The largest absolute Gasteiger partial charge is 0.466 e. The Morgan fingerprint density at radius 3 is 2.64 bits per heavy atom. The molecule has 0 atom stereocenters. The van der Waals surface area contributed by atoms with Gasteiger partial charge in [-0.2, -0.15) is 0 Å². The summed E-state index contributed by atoms with van der Waals surface area (Å²) in [4.78, 5) is 25.7. The molecule has 0 saturated carbocycles. The summed E-state index contributed by atoms with van der Waals surface area (Å²) in [5.74, 6) is -0.153. The zero-order chi connectivity index (χ0) is 15.9. The van der Waals surface area contributed by atoms with Gasteiger partial charge in [-0.3, -0.25) is 9.59 Å². The molecule has 1 heterocycles. The number of hydrogen-bond donors (Lipinski definition) is 1. The van der Waals surface area contributed by atoms with E-state index in [1.807, 2.05) is 31.2 Å². The van der Waals surface area contributed by atoms with Crippen molar-refractivity contribution in [3.63, 3.8) is 0 Å². The van der Waals surface area contributed by atoms with Crippen molar-refractivity contribution in [3.05, 3.63) is 28.7 Å². The minimum Gasteiger partial charge on any atom is -0.466 e. The van der Waals surface area contributed by atoms with E-state index < -0.39 is 0 Å². The van der Waals surface area contributed by atoms with Gasteiger partial charge in [0.1, 0.15) is 0 Å². The predicted molar refractivity (Wildman–Crippen MR) is 88.6 cm³/mol. The molecule has 1 aromatic carbocycles. The predicted octanol–water partition coefficient (Wildman–Crippen LogP) is 2.66. The molecule has 0 aromatic heterocycles. The first-order valence-corrected chi connectivity index (χ1v) is 8.34. The molecule has 1 fully saturated rings. The minimum absolute atomic E-state index is 0.0538. The lowest BCUT2D eigenvalue weighted by atomic mass is 9.97. The number of ether oxygens (including phenoxy) is 1. The van der Waals surface area contributed by atoms with Crippen molar-refractivity contribution >= 4 is 33.5 Å². The normalized spacial score (nSPS) is 15.5. The third-order valence-corrected chi connectivity index (χ3v) is 4.46. The van der Waals surface area contributed by atoms with Crippen LogP contribution in [-0.4, -0.2) is 43.0 Å². The Morgan fingerprint density at radius 1 is 1.32 bits per heavy atom. The number of rotatable bonds is 5. The number of hydrogen-bond acceptors (Lipinski definition) is 4. The van der Waals surface area contributed by atoms with E-state index in [2.05, 4.69) is 21.2 Å². The van der Waals surface area contributed by atoms with E-state index in [1.165, 1.54) is 0 Å². The number of carbonyl (C=O) groups is 2. The van der Waals surface area contributed by atoms with Crippen molar-refractivity contribution in [2.45, 2.75) is 19.8 Å². The standard InChI is InChI=1S/C16H21BrN2O3/c1-2-22-16(21)12-7-9-19(10-8-12)15(20)11-18-14-6-4-3-5-13(14)17/h3-6,12,18H,2,7-11H2,1H3. The molecule has 1 amide bonds. The van der Waals surface area contributed by atoms with E-state index in [0.717, 1.165) is 10.2 Å². The summed E-state index contributed by atoms with van der Waals surface area (Å²) >= 11 is 3.44. The highest BCUT2D eigenvalue weighted by Crippen LogP contribution is 2.22. The second-order valence-electron chi connectivity index (χ2n) is 5.24. The van der Waals surface area contributed by atoms with Gasteiger partial charge in [0.25, 0.3) is 0 Å². The van der Waals surface area contributed by atoms with Crippen molar-refractivity contribution in [3.8, 4) is 0 Å². The maximum absolute atomic E-state index is 12.2. The fourth-order valence-electron chi connectivity index (χ4n) is 2.51. The Labute approximate surface area is 139 Å². The van der Waals surface area contributed by atoms with Crippen LogP contribution in [0, 0.1) is 5.92 Å². The Morgan fingerprint density at radius 2 is 2.00 bits per heavy atom. The van der Waals surface area contributed by atoms with Crippen molar-refractivity contribution in [1.82, 2.24) is 4.90 Å². The quantitative estimate of drug-likeness (QED) is 0.811. The maximum Gasteiger partial charge on any atom is 0.309 e. The van der Waals surface area contributed by atoms with Crippen LogP contribution >= 0.6 is 15.9 Å². The lowest BCUT2D eigenvalue weighted by Gasteiger charge is -2.31. The molecule has 6 heteroatoms. The maximum atomic E-state index is 12.2. The van der Waals surface area contributed by atoms with Crippen LogP contribution in [0.5, 0.6) is 0 Å². The Hall–Kier alpha value is -1.56. The second-order valence-corrected chi connectivity index (χ2v) is 6.09. The first kappa shape index (κ1) is 16.8. The molecular weight excluding hydrogens is 348 g/mol. The lowest BCUT2D eigenvalue weighted by molar-refractivity contribution is -0.151. The van der Waals surface area contributed by atoms with Gasteiger partial charge in [0.2, 0.25) is 5.91 Å². The Bertz CT molecular complexity index is 528. The average molecular weight is 369 g/mol. The first-order valence-electron chi connectivity index (χ1n) is 7.54. The Kier molecular flexibility index (Phi) is 6.24. The number of para-hydroxylation sites is 1. The van der Waals surface area contributed by atoms with E-state index in [4.69, 9.17) is 4.74 Å². The van der Waals surface area contributed by atoms with E-state index >= 15 is 0 Å². The highest BCUT2D eigenvalue weighted by Gasteiger charge is 2.27. The van der Waals surface area contributed by atoms with Gasteiger partial charge < -0.3 is 15.0 Å². The number of benzene rings is 1.